The molecule has 1 fully saturated rings. The van der Waals surface area contributed by atoms with Gasteiger partial charge >= 0.3 is 0 Å². The quantitative estimate of drug-likeness (QED) is 0.813. The number of ether oxygens (including phenoxy) is 1. The highest BCUT2D eigenvalue weighted by Crippen LogP contribution is 2.30. The molecule has 0 saturated carbocycles. The maximum absolute atomic E-state index is 12.9. The Bertz CT molecular complexity index is 882. The van der Waals surface area contributed by atoms with Crippen LogP contribution in [0.5, 0.6) is 5.75 Å². The average molecular weight is 416 g/mol. The Labute approximate surface area is 164 Å². The van der Waals surface area contributed by atoms with Gasteiger partial charge in [-0.15, -0.1) is 0 Å². The van der Waals surface area contributed by atoms with E-state index in [2.05, 4.69) is 6.07 Å². The van der Waals surface area contributed by atoms with Gasteiger partial charge in [0.15, 0.2) is 0 Å². The number of piperazine rings is 1. The second kappa shape index (κ2) is 8.15. The van der Waals surface area contributed by atoms with Gasteiger partial charge in [-0.05, 0) is 24.3 Å². The van der Waals surface area contributed by atoms with Crippen LogP contribution in [0.3, 0.4) is 0 Å². The second-order valence-electron chi connectivity index (χ2n) is 6.23. The topological polar surface area (TPSA) is 51.1 Å². The highest BCUT2D eigenvalue weighted by Gasteiger charge is 2.32. The van der Waals surface area contributed by atoms with Crippen LogP contribution in [0, 0.1) is 0 Å². The van der Waals surface area contributed by atoms with Crippen LogP contribution >= 0.6 is 23.2 Å². The highest BCUT2D eigenvalue weighted by atomic mass is 35.5. The van der Waals surface area contributed by atoms with E-state index in [-0.39, 0.29) is 14.9 Å². The van der Waals surface area contributed by atoms with E-state index < -0.39 is 10.0 Å². The molecule has 1 heterocycles. The number of rotatable bonds is 5. The minimum absolute atomic E-state index is 0.0721. The van der Waals surface area contributed by atoms with E-state index >= 15 is 0 Å². The summed E-state index contributed by atoms with van der Waals surface area (Å²) in [6, 6.07) is 12.6. The molecule has 8 heteroatoms. The predicted octanol–water partition coefficient (Wildman–Crippen LogP) is 2.09. The van der Waals surface area contributed by atoms with Gasteiger partial charge in [0, 0.05) is 5.56 Å². The van der Waals surface area contributed by atoms with Crippen LogP contribution in [0.25, 0.3) is 0 Å². The predicted molar refractivity (Wildman–Crippen MR) is 103 cm³/mol. The van der Waals surface area contributed by atoms with Gasteiger partial charge in [-0.1, -0.05) is 41.4 Å². The molecule has 0 radical (unpaired) electrons. The fourth-order valence-electron chi connectivity index (χ4n) is 3.11. The van der Waals surface area contributed by atoms with Crippen molar-refractivity contribution in [2.75, 3.05) is 33.3 Å². The zero-order valence-corrected chi connectivity index (χ0v) is 16.7. The third-order valence-corrected chi connectivity index (χ3v) is 7.42. The summed E-state index contributed by atoms with van der Waals surface area (Å²) in [4.78, 5) is 1.41. The van der Waals surface area contributed by atoms with Gasteiger partial charge in [-0.2, -0.15) is 4.31 Å². The molecule has 0 amide bonds. The molecule has 1 aliphatic rings. The first-order chi connectivity index (χ1) is 12.4. The molecule has 0 bridgehead atoms. The van der Waals surface area contributed by atoms with Gasteiger partial charge in [-0.25, -0.2) is 8.42 Å². The molecule has 2 aromatic rings. The number of halogens is 2. The summed E-state index contributed by atoms with van der Waals surface area (Å²) in [7, 11) is -1.99. The van der Waals surface area contributed by atoms with E-state index in [1.54, 1.807) is 19.2 Å². The summed E-state index contributed by atoms with van der Waals surface area (Å²) in [5, 5.41) is 0.329. The summed E-state index contributed by atoms with van der Waals surface area (Å²) in [6.07, 6.45) is 0. The van der Waals surface area contributed by atoms with Crippen LogP contribution in [0.4, 0.5) is 0 Å². The number of nitrogens with zero attached hydrogens (tertiary/aromatic N) is 1. The molecular formula is C18H21Cl2N2O3S+. The molecule has 5 nitrogen and oxygen atoms in total. The standard InChI is InChI=1S/C18H20Cl2N2O3S/c1-25-15-5-2-4-14(12-15)13-21-8-10-22(11-9-21)26(23,24)17-7-3-6-16(19)18(17)20/h2-7,12H,8-11,13H2,1H3/p+1. The van der Waals surface area contributed by atoms with E-state index in [1.807, 2.05) is 18.2 Å². The van der Waals surface area contributed by atoms with E-state index in [9.17, 15) is 8.42 Å². The number of sulfonamides is 1. The Kier molecular flexibility index (Phi) is 6.10. The largest absolute Gasteiger partial charge is 0.497 e. The first-order valence-corrected chi connectivity index (χ1v) is 10.5. The van der Waals surface area contributed by atoms with Crippen molar-refractivity contribution in [3.63, 3.8) is 0 Å². The van der Waals surface area contributed by atoms with Crippen LogP contribution in [0.1, 0.15) is 5.56 Å². The lowest BCUT2D eigenvalue weighted by molar-refractivity contribution is -0.917. The summed E-state index contributed by atoms with van der Waals surface area (Å²) >= 11 is 12.1. The molecule has 0 spiro atoms. The van der Waals surface area contributed by atoms with Gasteiger partial charge in [0.05, 0.1) is 43.3 Å². The maximum atomic E-state index is 12.9. The molecular weight excluding hydrogens is 395 g/mol. The molecule has 0 aliphatic carbocycles. The molecule has 1 N–H and O–H groups in total. The van der Waals surface area contributed by atoms with Crippen LogP contribution in [-0.4, -0.2) is 46.0 Å². The van der Waals surface area contributed by atoms with E-state index in [1.165, 1.54) is 20.8 Å². The number of hydrogen-bond donors (Lipinski definition) is 1. The van der Waals surface area contributed by atoms with Crippen molar-refractivity contribution in [2.45, 2.75) is 11.4 Å². The van der Waals surface area contributed by atoms with Crippen molar-refractivity contribution in [1.29, 1.82) is 0 Å². The molecule has 1 saturated heterocycles. The monoisotopic (exact) mass is 415 g/mol. The minimum Gasteiger partial charge on any atom is -0.497 e. The van der Waals surface area contributed by atoms with Gasteiger partial charge < -0.3 is 9.64 Å². The lowest BCUT2D eigenvalue weighted by Gasteiger charge is -2.31. The summed E-state index contributed by atoms with van der Waals surface area (Å²) in [6.45, 7) is 3.20. The average Bonchev–Trinajstić information content (AvgIpc) is 2.64. The fourth-order valence-corrected chi connectivity index (χ4v) is 5.29. The van der Waals surface area contributed by atoms with Crippen molar-refractivity contribution in [3.8, 4) is 5.75 Å². The van der Waals surface area contributed by atoms with Crippen LogP contribution in [0.15, 0.2) is 47.4 Å². The third-order valence-electron chi connectivity index (χ3n) is 4.55. The first-order valence-electron chi connectivity index (χ1n) is 8.32. The number of nitrogens with one attached hydrogen (secondary N) is 1. The molecule has 1 aliphatic heterocycles. The first kappa shape index (κ1) is 19.5. The third kappa shape index (κ3) is 4.15. The lowest BCUT2D eigenvalue weighted by Crippen LogP contribution is -3.13. The Morgan fingerprint density at radius 3 is 2.50 bits per heavy atom. The van der Waals surface area contributed by atoms with Crippen LogP contribution < -0.4 is 9.64 Å². The smallest absolute Gasteiger partial charge is 0.245 e. The lowest BCUT2D eigenvalue weighted by atomic mass is 10.2. The zero-order chi connectivity index (χ0) is 18.7. The van der Waals surface area contributed by atoms with E-state index in [4.69, 9.17) is 27.9 Å². The highest BCUT2D eigenvalue weighted by molar-refractivity contribution is 7.89. The molecule has 0 aromatic heterocycles. The molecule has 0 atom stereocenters. The van der Waals surface area contributed by atoms with Gasteiger partial charge in [0.1, 0.15) is 17.2 Å². The molecule has 0 unspecified atom stereocenters. The van der Waals surface area contributed by atoms with Crippen molar-refractivity contribution in [3.05, 3.63) is 58.1 Å². The van der Waals surface area contributed by atoms with E-state index in [0.29, 0.717) is 13.1 Å². The Balaban J connectivity index is 1.67. The van der Waals surface area contributed by atoms with Crippen molar-refractivity contribution >= 4 is 33.2 Å². The Hall–Kier alpha value is -1.31. The zero-order valence-electron chi connectivity index (χ0n) is 14.4. The van der Waals surface area contributed by atoms with Crippen LogP contribution in [0.2, 0.25) is 10.0 Å². The Morgan fingerprint density at radius 1 is 1.12 bits per heavy atom. The SMILES string of the molecule is COc1cccc(C[NH+]2CCN(S(=O)(=O)c3cccc(Cl)c3Cl)CC2)c1. The number of methoxy groups -OCH3 is 1. The molecule has 26 heavy (non-hydrogen) atoms. The minimum atomic E-state index is -3.64. The van der Waals surface area contributed by atoms with Crippen molar-refractivity contribution in [2.24, 2.45) is 0 Å². The maximum Gasteiger partial charge on any atom is 0.245 e. The molecule has 2 aromatic carbocycles. The number of quaternary nitrogens is 1. The molecule has 3 rings (SSSR count). The summed E-state index contributed by atoms with van der Waals surface area (Å²) in [5.74, 6) is 0.832. The normalized spacial score (nSPS) is 16.6. The number of benzene rings is 2. The summed E-state index contributed by atoms with van der Waals surface area (Å²) < 4.78 is 32.5. The second-order valence-corrected chi connectivity index (χ2v) is 8.93. The summed E-state index contributed by atoms with van der Waals surface area (Å²) in [5.41, 5.74) is 1.17. The number of hydrogen-bond acceptors (Lipinski definition) is 3. The van der Waals surface area contributed by atoms with Crippen molar-refractivity contribution < 1.29 is 18.1 Å². The van der Waals surface area contributed by atoms with Crippen LogP contribution in [-0.2, 0) is 16.6 Å². The van der Waals surface area contributed by atoms with E-state index in [0.717, 1.165) is 25.4 Å². The van der Waals surface area contributed by atoms with Crippen molar-refractivity contribution in [1.82, 2.24) is 4.31 Å². The van der Waals surface area contributed by atoms with Gasteiger partial charge in [-0.3, -0.25) is 0 Å². The van der Waals surface area contributed by atoms with Gasteiger partial charge in [0.25, 0.3) is 0 Å². The fraction of sp³-hybridized carbons (Fsp3) is 0.333. The molecule has 140 valence electrons. The van der Waals surface area contributed by atoms with Gasteiger partial charge in [0.2, 0.25) is 10.0 Å². The Morgan fingerprint density at radius 2 is 1.81 bits per heavy atom.